The van der Waals surface area contributed by atoms with Gasteiger partial charge in [0, 0.05) is 35.0 Å². The van der Waals surface area contributed by atoms with E-state index in [4.69, 9.17) is 15.1 Å². The standard InChI is InChI=1S/C22H30N6S/c1-16-15-18(17(2)29-16)22-24-21(25-28(22)14-8-11-26(3)4)19-9-7-10-20(23-19)27-12-5-6-13-27/h7,9-10,15H,5-6,8,11-14H2,1-4H3. The van der Waals surface area contributed by atoms with Gasteiger partial charge in [-0.15, -0.1) is 16.4 Å². The molecular weight excluding hydrogens is 380 g/mol. The molecule has 3 aromatic heterocycles. The van der Waals surface area contributed by atoms with Crippen molar-refractivity contribution in [3.8, 4) is 22.9 Å². The van der Waals surface area contributed by atoms with Crippen molar-refractivity contribution < 1.29 is 0 Å². The quantitative estimate of drug-likeness (QED) is 0.583. The fraction of sp³-hybridized carbons (Fsp3) is 0.500. The minimum Gasteiger partial charge on any atom is -0.357 e. The van der Waals surface area contributed by atoms with Crippen LogP contribution in [0.15, 0.2) is 24.3 Å². The number of hydrogen-bond donors (Lipinski definition) is 0. The summed E-state index contributed by atoms with van der Waals surface area (Å²) in [4.78, 5) is 17.0. The van der Waals surface area contributed by atoms with Gasteiger partial charge in [-0.25, -0.2) is 14.6 Å². The maximum atomic E-state index is 4.95. The van der Waals surface area contributed by atoms with Gasteiger partial charge in [-0.05, 0) is 71.9 Å². The molecule has 0 saturated carbocycles. The molecule has 4 rings (SSSR count). The molecule has 0 aromatic carbocycles. The van der Waals surface area contributed by atoms with E-state index in [2.05, 4.69) is 60.6 Å². The zero-order valence-corrected chi connectivity index (χ0v) is 18.7. The van der Waals surface area contributed by atoms with Gasteiger partial charge in [-0.2, -0.15) is 0 Å². The highest BCUT2D eigenvalue weighted by Gasteiger charge is 2.19. The molecule has 1 saturated heterocycles. The summed E-state index contributed by atoms with van der Waals surface area (Å²) < 4.78 is 2.07. The molecule has 6 nitrogen and oxygen atoms in total. The van der Waals surface area contributed by atoms with E-state index < -0.39 is 0 Å². The minimum absolute atomic E-state index is 0.717. The van der Waals surface area contributed by atoms with Crippen molar-refractivity contribution in [2.45, 2.75) is 39.7 Å². The molecule has 154 valence electrons. The van der Waals surface area contributed by atoms with Crippen molar-refractivity contribution >= 4 is 17.2 Å². The van der Waals surface area contributed by atoms with Crippen LogP contribution in [0.25, 0.3) is 22.9 Å². The van der Waals surface area contributed by atoms with Crippen molar-refractivity contribution in [3.63, 3.8) is 0 Å². The molecule has 0 N–H and O–H groups in total. The molecule has 7 heteroatoms. The molecule has 0 radical (unpaired) electrons. The zero-order valence-electron chi connectivity index (χ0n) is 17.9. The highest BCUT2D eigenvalue weighted by Crippen LogP contribution is 2.31. The predicted octanol–water partition coefficient (Wildman–Crippen LogP) is 4.24. The third kappa shape index (κ3) is 4.51. The SMILES string of the molecule is Cc1cc(-c2nc(-c3cccc(N4CCCC4)n3)nn2CCCN(C)C)c(C)s1. The summed E-state index contributed by atoms with van der Waals surface area (Å²) in [5.74, 6) is 2.70. The third-order valence-electron chi connectivity index (χ3n) is 5.32. The molecule has 0 bridgehead atoms. The minimum atomic E-state index is 0.717. The Morgan fingerprint density at radius 2 is 1.90 bits per heavy atom. The Labute approximate surface area is 177 Å². The van der Waals surface area contributed by atoms with Gasteiger partial charge in [0.1, 0.15) is 11.5 Å². The normalized spacial score (nSPS) is 14.3. The summed E-state index contributed by atoms with van der Waals surface area (Å²) >= 11 is 1.81. The first-order chi connectivity index (χ1) is 14.0. The van der Waals surface area contributed by atoms with E-state index in [-0.39, 0.29) is 0 Å². The van der Waals surface area contributed by atoms with Crippen LogP contribution in [-0.4, -0.2) is 58.4 Å². The maximum absolute atomic E-state index is 4.95. The number of nitrogens with zero attached hydrogens (tertiary/aromatic N) is 6. The van der Waals surface area contributed by atoms with E-state index in [0.717, 1.165) is 49.9 Å². The summed E-state index contributed by atoms with van der Waals surface area (Å²) in [6.45, 7) is 8.36. The molecule has 29 heavy (non-hydrogen) atoms. The first-order valence-electron chi connectivity index (χ1n) is 10.4. The average Bonchev–Trinajstić information content (AvgIpc) is 3.42. The number of aryl methyl sites for hydroxylation is 3. The number of pyridine rings is 1. The Morgan fingerprint density at radius 1 is 1.10 bits per heavy atom. The summed E-state index contributed by atoms with van der Waals surface area (Å²) in [5, 5.41) is 4.88. The van der Waals surface area contributed by atoms with Gasteiger partial charge in [0.05, 0.1) is 0 Å². The van der Waals surface area contributed by atoms with E-state index in [1.807, 2.05) is 17.4 Å². The van der Waals surface area contributed by atoms with Gasteiger partial charge in [-0.1, -0.05) is 6.07 Å². The Hall–Kier alpha value is -2.25. The van der Waals surface area contributed by atoms with Crippen molar-refractivity contribution in [2.75, 3.05) is 38.6 Å². The first-order valence-corrected chi connectivity index (χ1v) is 11.2. The molecule has 3 aromatic rings. The Balaban J connectivity index is 1.69. The van der Waals surface area contributed by atoms with Gasteiger partial charge >= 0.3 is 0 Å². The van der Waals surface area contributed by atoms with Gasteiger partial charge in [-0.3, -0.25) is 0 Å². The molecule has 0 aliphatic carbocycles. The largest absolute Gasteiger partial charge is 0.357 e. The molecule has 0 unspecified atom stereocenters. The van der Waals surface area contributed by atoms with Crippen LogP contribution in [-0.2, 0) is 6.54 Å². The lowest BCUT2D eigenvalue weighted by atomic mass is 10.2. The lowest BCUT2D eigenvalue weighted by molar-refractivity contribution is 0.381. The van der Waals surface area contributed by atoms with Gasteiger partial charge < -0.3 is 9.80 Å². The van der Waals surface area contributed by atoms with Gasteiger partial charge in [0.15, 0.2) is 11.6 Å². The summed E-state index contributed by atoms with van der Waals surface area (Å²) in [5.41, 5.74) is 2.04. The van der Waals surface area contributed by atoms with Crippen LogP contribution in [0.1, 0.15) is 29.0 Å². The van der Waals surface area contributed by atoms with E-state index >= 15 is 0 Å². The van der Waals surface area contributed by atoms with E-state index in [1.54, 1.807) is 0 Å². The number of hydrogen-bond acceptors (Lipinski definition) is 6. The second-order valence-electron chi connectivity index (χ2n) is 8.04. The average molecular weight is 411 g/mol. The van der Waals surface area contributed by atoms with Crippen LogP contribution in [0.2, 0.25) is 0 Å². The molecule has 0 amide bonds. The highest BCUT2D eigenvalue weighted by atomic mass is 32.1. The van der Waals surface area contributed by atoms with Crippen LogP contribution >= 0.6 is 11.3 Å². The Morgan fingerprint density at radius 3 is 2.59 bits per heavy atom. The molecule has 1 aliphatic heterocycles. The Bertz CT molecular complexity index is 968. The highest BCUT2D eigenvalue weighted by molar-refractivity contribution is 7.12. The summed E-state index contributed by atoms with van der Waals surface area (Å²) in [6.07, 6.45) is 3.52. The lowest BCUT2D eigenvalue weighted by Crippen LogP contribution is -2.18. The molecule has 1 fully saturated rings. The van der Waals surface area contributed by atoms with Crippen LogP contribution in [0.4, 0.5) is 5.82 Å². The van der Waals surface area contributed by atoms with Crippen LogP contribution in [0.5, 0.6) is 0 Å². The molecule has 1 aliphatic rings. The topological polar surface area (TPSA) is 50.1 Å². The van der Waals surface area contributed by atoms with Crippen LogP contribution in [0, 0.1) is 13.8 Å². The molecular formula is C22H30N6S. The summed E-state index contributed by atoms with van der Waals surface area (Å²) in [6, 6.07) is 8.41. The smallest absolute Gasteiger partial charge is 0.200 e. The molecule has 4 heterocycles. The van der Waals surface area contributed by atoms with Crippen LogP contribution in [0.3, 0.4) is 0 Å². The number of aromatic nitrogens is 4. The van der Waals surface area contributed by atoms with Gasteiger partial charge in [0.25, 0.3) is 0 Å². The summed E-state index contributed by atoms with van der Waals surface area (Å²) in [7, 11) is 4.21. The number of anilines is 1. The second kappa shape index (κ2) is 8.63. The lowest BCUT2D eigenvalue weighted by Gasteiger charge is -2.16. The second-order valence-corrected chi connectivity index (χ2v) is 9.50. The van der Waals surface area contributed by atoms with Crippen LogP contribution < -0.4 is 4.90 Å². The number of rotatable bonds is 7. The first kappa shape index (κ1) is 20.0. The van der Waals surface area contributed by atoms with E-state index in [1.165, 1.54) is 28.2 Å². The van der Waals surface area contributed by atoms with E-state index in [0.29, 0.717) is 5.82 Å². The fourth-order valence-corrected chi connectivity index (χ4v) is 4.79. The van der Waals surface area contributed by atoms with Crippen molar-refractivity contribution in [3.05, 3.63) is 34.0 Å². The molecule has 0 atom stereocenters. The number of thiophene rings is 1. The monoisotopic (exact) mass is 410 g/mol. The van der Waals surface area contributed by atoms with Gasteiger partial charge in [0.2, 0.25) is 0 Å². The van der Waals surface area contributed by atoms with Crippen molar-refractivity contribution in [1.29, 1.82) is 0 Å². The maximum Gasteiger partial charge on any atom is 0.200 e. The predicted molar refractivity (Wildman–Crippen MR) is 121 cm³/mol. The van der Waals surface area contributed by atoms with Crippen molar-refractivity contribution in [1.82, 2.24) is 24.6 Å². The van der Waals surface area contributed by atoms with E-state index in [9.17, 15) is 0 Å². The third-order valence-corrected chi connectivity index (χ3v) is 6.29. The Kier molecular flexibility index (Phi) is 5.96. The fourth-order valence-electron chi connectivity index (χ4n) is 3.87. The molecule has 0 spiro atoms. The van der Waals surface area contributed by atoms with Crippen molar-refractivity contribution in [2.24, 2.45) is 0 Å². The zero-order chi connectivity index (χ0) is 20.4.